The van der Waals surface area contributed by atoms with E-state index in [1.54, 1.807) is 30.3 Å². The molecule has 0 saturated heterocycles. The van der Waals surface area contributed by atoms with Crippen LogP contribution in [0.25, 0.3) is 22.3 Å². The summed E-state index contributed by atoms with van der Waals surface area (Å²) >= 11 is 0. The Labute approximate surface area is 157 Å². The minimum Gasteiger partial charge on any atom is -0.457 e. The summed E-state index contributed by atoms with van der Waals surface area (Å²) in [6.07, 6.45) is -4.91. The smallest absolute Gasteiger partial charge is 0.457 e. The first-order valence-corrected chi connectivity index (χ1v) is 8.07. The number of hydrogen-bond acceptors (Lipinski definition) is 5. The fraction of sp³-hybridized carbons (Fsp3) is 0.150. The average molecular weight is 392 g/mol. The third-order valence-electron chi connectivity index (χ3n) is 3.63. The standard InChI is InChI=1S/C20H15F3O5/c1-12(2)19(24)26-11-25-14-7-8-15(18(10-14)28-20(21,22)23)17-9-13-5-3-4-6-16(13)27-17/h3-10H,1,11H2,2H3. The molecule has 0 aliphatic heterocycles. The number of benzene rings is 2. The zero-order valence-electron chi connectivity index (χ0n) is 14.7. The molecule has 5 nitrogen and oxygen atoms in total. The lowest BCUT2D eigenvalue weighted by Gasteiger charge is -2.14. The first-order chi connectivity index (χ1) is 13.2. The largest absolute Gasteiger partial charge is 0.573 e. The van der Waals surface area contributed by atoms with Gasteiger partial charge in [-0.05, 0) is 31.2 Å². The summed E-state index contributed by atoms with van der Waals surface area (Å²) in [4.78, 5) is 11.3. The van der Waals surface area contributed by atoms with Crippen molar-refractivity contribution in [2.24, 2.45) is 0 Å². The number of furan rings is 1. The maximum atomic E-state index is 12.8. The van der Waals surface area contributed by atoms with Gasteiger partial charge >= 0.3 is 12.3 Å². The van der Waals surface area contributed by atoms with Crippen LogP contribution in [-0.2, 0) is 9.53 Å². The van der Waals surface area contributed by atoms with E-state index in [1.807, 2.05) is 0 Å². The maximum absolute atomic E-state index is 12.8. The number of rotatable bonds is 6. The first kappa shape index (κ1) is 19.3. The minimum absolute atomic E-state index is 0.0219. The summed E-state index contributed by atoms with van der Waals surface area (Å²) < 4.78 is 58.2. The van der Waals surface area contributed by atoms with Gasteiger partial charge in [-0.1, -0.05) is 24.8 Å². The van der Waals surface area contributed by atoms with Gasteiger partial charge in [0.05, 0.1) is 5.56 Å². The Morgan fingerprint density at radius 3 is 2.57 bits per heavy atom. The van der Waals surface area contributed by atoms with E-state index >= 15 is 0 Å². The van der Waals surface area contributed by atoms with Crippen molar-refractivity contribution in [3.63, 3.8) is 0 Å². The molecule has 0 bridgehead atoms. The van der Waals surface area contributed by atoms with Crippen LogP contribution < -0.4 is 9.47 Å². The molecule has 0 radical (unpaired) electrons. The van der Waals surface area contributed by atoms with Crippen molar-refractivity contribution in [3.05, 3.63) is 60.7 Å². The zero-order valence-corrected chi connectivity index (χ0v) is 14.7. The number of para-hydroxylation sites is 1. The Morgan fingerprint density at radius 2 is 1.89 bits per heavy atom. The Bertz CT molecular complexity index is 987. The predicted octanol–water partition coefficient (Wildman–Crippen LogP) is 5.45. The molecule has 28 heavy (non-hydrogen) atoms. The number of hydrogen-bond donors (Lipinski definition) is 0. The molecular weight excluding hydrogens is 377 g/mol. The van der Waals surface area contributed by atoms with Crippen LogP contribution in [0.1, 0.15) is 6.92 Å². The molecule has 0 aliphatic carbocycles. The highest BCUT2D eigenvalue weighted by Crippen LogP contribution is 2.38. The van der Waals surface area contributed by atoms with Crippen LogP contribution in [0.15, 0.2) is 65.1 Å². The van der Waals surface area contributed by atoms with Gasteiger partial charge in [0, 0.05) is 17.0 Å². The zero-order chi connectivity index (χ0) is 20.3. The van der Waals surface area contributed by atoms with Gasteiger partial charge in [0.2, 0.25) is 6.79 Å². The van der Waals surface area contributed by atoms with E-state index in [2.05, 4.69) is 11.3 Å². The van der Waals surface area contributed by atoms with E-state index in [4.69, 9.17) is 13.9 Å². The summed E-state index contributed by atoms with van der Waals surface area (Å²) in [6, 6.07) is 12.5. The number of carbonyl (C=O) groups is 1. The van der Waals surface area contributed by atoms with Crippen LogP contribution in [-0.4, -0.2) is 19.1 Å². The van der Waals surface area contributed by atoms with E-state index < -0.39 is 24.9 Å². The molecule has 0 N–H and O–H groups in total. The van der Waals surface area contributed by atoms with E-state index in [0.717, 1.165) is 11.5 Å². The minimum atomic E-state index is -4.91. The molecule has 0 fully saturated rings. The second kappa shape index (κ2) is 7.67. The van der Waals surface area contributed by atoms with Gasteiger partial charge in [-0.15, -0.1) is 13.2 Å². The molecule has 0 spiro atoms. The van der Waals surface area contributed by atoms with Crippen LogP contribution >= 0.6 is 0 Å². The number of ether oxygens (including phenoxy) is 3. The summed E-state index contributed by atoms with van der Waals surface area (Å²) in [5.74, 6) is -0.949. The Hall–Kier alpha value is -3.42. The van der Waals surface area contributed by atoms with Gasteiger partial charge in [-0.2, -0.15) is 0 Å². The number of alkyl halides is 3. The second-order valence-electron chi connectivity index (χ2n) is 5.83. The van der Waals surface area contributed by atoms with Gasteiger partial charge in [-0.3, -0.25) is 0 Å². The highest BCUT2D eigenvalue weighted by atomic mass is 19.4. The topological polar surface area (TPSA) is 57.9 Å². The Morgan fingerprint density at radius 1 is 1.14 bits per heavy atom. The number of halogens is 3. The number of carbonyl (C=O) groups excluding carboxylic acids is 1. The molecule has 0 unspecified atom stereocenters. The third-order valence-corrected chi connectivity index (χ3v) is 3.63. The van der Waals surface area contributed by atoms with Gasteiger partial charge in [0.15, 0.2) is 0 Å². The van der Waals surface area contributed by atoms with Crippen molar-refractivity contribution in [3.8, 4) is 22.8 Å². The molecule has 0 aliphatic rings. The van der Waals surface area contributed by atoms with Crippen molar-refractivity contribution in [2.75, 3.05) is 6.79 Å². The normalized spacial score (nSPS) is 11.3. The number of fused-ring (bicyclic) bond motifs is 1. The quantitative estimate of drug-likeness (QED) is 0.317. The lowest BCUT2D eigenvalue weighted by Crippen LogP contribution is -2.17. The molecule has 0 amide bonds. The van der Waals surface area contributed by atoms with Crippen LogP contribution in [0.2, 0.25) is 0 Å². The van der Waals surface area contributed by atoms with Gasteiger partial charge in [0.1, 0.15) is 22.8 Å². The van der Waals surface area contributed by atoms with Crippen LogP contribution in [0, 0.1) is 0 Å². The fourth-order valence-corrected chi connectivity index (χ4v) is 2.39. The summed E-state index contributed by atoms with van der Waals surface area (Å²) in [7, 11) is 0. The van der Waals surface area contributed by atoms with Crippen molar-refractivity contribution in [2.45, 2.75) is 13.3 Å². The van der Waals surface area contributed by atoms with Crippen LogP contribution in [0.3, 0.4) is 0 Å². The van der Waals surface area contributed by atoms with Gasteiger partial charge in [0.25, 0.3) is 0 Å². The van der Waals surface area contributed by atoms with Crippen molar-refractivity contribution in [1.82, 2.24) is 0 Å². The highest BCUT2D eigenvalue weighted by Gasteiger charge is 2.33. The molecule has 3 rings (SSSR count). The third kappa shape index (κ3) is 4.64. The van der Waals surface area contributed by atoms with E-state index in [-0.39, 0.29) is 22.6 Å². The Balaban J connectivity index is 1.89. The monoisotopic (exact) mass is 392 g/mol. The molecule has 0 saturated carbocycles. The van der Waals surface area contributed by atoms with Crippen molar-refractivity contribution < 1.29 is 36.6 Å². The number of esters is 1. The lowest BCUT2D eigenvalue weighted by atomic mass is 10.1. The molecule has 3 aromatic rings. The van der Waals surface area contributed by atoms with Crippen LogP contribution in [0.4, 0.5) is 13.2 Å². The molecule has 2 aromatic carbocycles. The first-order valence-electron chi connectivity index (χ1n) is 8.07. The molecule has 0 atom stereocenters. The molecular formula is C20H15F3O5. The Kier molecular flexibility index (Phi) is 5.30. The van der Waals surface area contributed by atoms with Crippen molar-refractivity contribution >= 4 is 16.9 Å². The molecule has 8 heteroatoms. The van der Waals surface area contributed by atoms with E-state index in [1.165, 1.54) is 19.1 Å². The lowest BCUT2D eigenvalue weighted by molar-refractivity contribution is -0.274. The predicted molar refractivity (Wildman–Crippen MR) is 94.7 cm³/mol. The molecule has 1 heterocycles. The van der Waals surface area contributed by atoms with Crippen molar-refractivity contribution in [1.29, 1.82) is 0 Å². The van der Waals surface area contributed by atoms with E-state index in [9.17, 15) is 18.0 Å². The maximum Gasteiger partial charge on any atom is 0.573 e. The van der Waals surface area contributed by atoms with Gasteiger partial charge < -0.3 is 18.6 Å². The fourth-order valence-electron chi connectivity index (χ4n) is 2.39. The summed E-state index contributed by atoms with van der Waals surface area (Å²) in [6.45, 7) is 4.39. The summed E-state index contributed by atoms with van der Waals surface area (Å²) in [5, 5.41) is 0.738. The molecule has 146 valence electrons. The highest BCUT2D eigenvalue weighted by molar-refractivity contribution is 5.87. The van der Waals surface area contributed by atoms with Gasteiger partial charge in [-0.25, -0.2) is 4.79 Å². The van der Waals surface area contributed by atoms with E-state index in [0.29, 0.717) is 5.58 Å². The molecule has 1 aromatic heterocycles. The summed E-state index contributed by atoms with van der Waals surface area (Å²) in [5.41, 5.74) is 0.798. The average Bonchev–Trinajstić information content (AvgIpc) is 3.04. The van der Waals surface area contributed by atoms with Crippen LogP contribution in [0.5, 0.6) is 11.5 Å². The second-order valence-corrected chi connectivity index (χ2v) is 5.83. The SMILES string of the molecule is C=C(C)C(=O)OCOc1ccc(-c2cc3ccccc3o2)c(OC(F)(F)F)c1.